The second kappa shape index (κ2) is 15.3. The molecule has 7 heteroatoms. The summed E-state index contributed by atoms with van der Waals surface area (Å²) in [6, 6.07) is 6.70. The highest BCUT2D eigenvalue weighted by Crippen LogP contribution is 2.32. The molecule has 0 aliphatic carbocycles. The third-order valence-corrected chi connectivity index (χ3v) is 8.50. The lowest BCUT2D eigenvalue weighted by Crippen LogP contribution is -2.24. The third-order valence-electron chi connectivity index (χ3n) is 6.40. The van der Waals surface area contributed by atoms with Crippen molar-refractivity contribution < 1.29 is 14.4 Å². The molecular weight excluding hydrogens is 476 g/mol. The lowest BCUT2D eigenvalue weighted by Gasteiger charge is -2.07. The van der Waals surface area contributed by atoms with Crippen LogP contribution < -0.4 is 0 Å². The Morgan fingerprint density at radius 3 is 1.77 bits per heavy atom. The van der Waals surface area contributed by atoms with E-state index in [1.165, 1.54) is 89.7 Å². The molecule has 0 radical (unpaired) electrons. The van der Waals surface area contributed by atoms with E-state index in [1.54, 1.807) is 36.0 Å². The Labute approximate surface area is 218 Å². The first-order valence-electron chi connectivity index (χ1n) is 13.2. The van der Waals surface area contributed by atoms with Crippen LogP contribution in [0.2, 0.25) is 0 Å². The number of hydrogen-bond acceptors (Lipinski definition) is 6. The van der Waals surface area contributed by atoms with Crippen LogP contribution in [-0.2, 0) is 4.79 Å². The number of amides is 2. The van der Waals surface area contributed by atoms with E-state index in [1.807, 2.05) is 0 Å². The van der Waals surface area contributed by atoms with Gasteiger partial charge in [0, 0.05) is 12.0 Å². The molecule has 0 unspecified atom stereocenters. The van der Waals surface area contributed by atoms with E-state index in [0.29, 0.717) is 15.5 Å². The SMILES string of the molecule is CCCCCCCCCCCCCCCCSC1=N/C(=C/N2C(=O)c3ccccc3C2=O)C(=O)S1. The van der Waals surface area contributed by atoms with Gasteiger partial charge in [-0.05, 0) is 30.3 Å². The fourth-order valence-electron chi connectivity index (χ4n) is 4.35. The van der Waals surface area contributed by atoms with Gasteiger partial charge in [0.05, 0.1) is 11.1 Å². The van der Waals surface area contributed by atoms with E-state index < -0.39 is 11.8 Å². The summed E-state index contributed by atoms with van der Waals surface area (Å²) in [5.74, 6) is 0.112. The Morgan fingerprint density at radius 2 is 1.26 bits per heavy atom. The molecule has 5 nitrogen and oxygen atoms in total. The number of rotatable bonds is 16. The lowest BCUT2D eigenvalue weighted by atomic mass is 10.0. The van der Waals surface area contributed by atoms with E-state index in [2.05, 4.69) is 11.9 Å². The summed E-state index contributed by atoms with van der Waals surface area (Å²) < 4.78 is 0.701. The van der Waals surface area contributed by atoms with Gasteiger partial charge in [0.2, 0.25) is 5.12 Å². The quantitative estimate of drug-likeness (QED) is 0.127. The summed E-state index contributed by atoms with van der Waals surface area (Å²) in [5.41, 5.74) is 0.889. The summed E-state index contributed by atoms with van der Waals surface area (Å²) in [6.45, 7) is 2.27. The molecule has 0 fully saturated rings. The van der Waals surface area contributed by atoms with Crippen LogP contribution in [0, 0.1) is 0 Å². The summed E-state index contributed by atoms with van der Waals surface area (Å²) in [6.07, 6.45) is 20.0. The van der Waals surface area contributed by atoms with Crippen LogP contribution in [0.25, 0.3) is 0 Å². The topological polar surface area (TPSA) is 66.8 Å². The minimum atomic E-state index is -0.408. The minimum absolute atomic E-state index is 0.160. The van der Waals surface area contributed by atoms with Gasteiger partial charge in [0.25, 0.3) is 11.8 Å². The molecular formula is C28H38N2O3S2. The molecule has 0 spiro atoms. The maximum Gasteiger partial charge on any atom is 0.265 e. The third kappa shape index (κ3) is 8.64. The molecule has 0 N–H and O–H groups in total. The van der Waals surface area contributed by atoms with E-state index >= 15 is 0 Å². The van der Waals surface area contributed by atoms with Crippen LogP contribution >= 0.6 is 23.5 Å². The van der Waals surface area contributed by atoms with Crippen molar-refractivity contribution in [2.24, 2.45) is 4.99 Å². The molecule has 0 aromatic heterocycles. The number of benzene rings is 1. The van der Waals surface area contributed by atoms with Crippen LogP contribution in [0.1, 0.15) is 118 Å². The molecule has 2 heterocycles. The minimum Gasteiger partial charge on any atom is -0.279 e. The van der Waals surface area contributed by atoms with Gasteiger partial charge in [-0.3, -0.25) is 14.4 Å². The number of carbonyl (C=O) groups excluding carboxylic acids is 3. The van der Waals surface area contributed by atoms with Crippen molar-refractivity contribution in [2.75, 3.05) is 5.75 Å². The first-order valence-corrected chi connectivity index (χ1v) is 15.0. The molecule has 1 aromatic rings. The van der Waals surface area contributed by atoms with Crippen molar-refractivity contribution >= 4 is 44.8 Å². The zero-order valence-electron chi connectivity index (χ0n) is 20.9. The van der Waals surface area contributed by atoms with Crippen LogP contribution in [-0.4, -0.2) is 32.0 Å². The second-order valence-electron chi connectivity index (χ2n) is 9.25. The Kier molecular flexibility index (Phi) is 12.1. The first kappa shape index (κ1) is 27.7. The molecule has 0 bridgehead atoms. The molecule has 2 aliphatic rings. The molecule has 3 rings (SSSR count). The smallest absolute Gasteiger partial charge is 0.265 e. The summed E-state index contributed by atoms with van der Waals surface area (Å²) >= 11 is 2.67. The first-order chi connectivity index (χ1) is 17.1. The molecule has 0 atom stereocenters. The zero-order chi connectivity index (χ0) is 24.9. The number of aliphatic imine (C=N–C) groups is 1. The lowest BCUT2D eigenvalue weighted by molar-refractivity contribution is -0.107. The molecule has 0 saturated heterocycles. The standard InChI is InChI=1S/C28H38N2O3S2/c1-2-3-4-5-6-7-8-9-10-11-12-13-14-17-20-34-28-29-24(27(33)35-28)21-30-25(31)22-18-15-16-19-23(22)26(30)32/h15-16,18-19,21H,2-14,17,20H2,1H3/b24-21+. The maximum atomic E-state index is 12.5. The van der Waals surface area contributed by atoms with Crippen LogP contribution in [0.5, 0.6) is 0 Å². The number of nitrogens with zero attached hydrogens (tertiary/aromatic N) is 2. The number of imide groups is 1. The highest BCUT2D eigenvalue weighted by molar-refractivity contribution is 8.45. The second-order valence-corrected chi connectivity index (χ2v) is 11.6. The monoisotopic (exact) mass is 514 g/mol. The fourth-order valence-corrected chi connectivity index (χ4v) is 6.25. The van der Waals surface area contributed by atoms with Crippen molar-refractivity contribution in [1.82, 2.24) is 4.90 Å². The maximum absolute atomic E-state index is 12.5. The van der Waals surface area contributed by atoms with Gasteiger partial charge in [0.1, 0.15) is 10.1 Å². The highest BCUT2D eigenvalue weighted by atomic mass is 32.2. The number of hydrogen-bond donors (Lipinski definition) is 0. The zero-order valence-corrected chi connectivity index (χ0v) is 22.6. The van der Waals surface area contributed by atoms with Crippen molar-refractivity contribution in [1.29, 1.82) is 0 Å². The Hall–Kier alpha value is -1.86. The molecule has 1 aromatic carbocycles. The van der Waals surface area contributed by atoms with E-state index in [-0.39, 0.29) is 10.8 Å². The number of carbonyl (C=O) groups is 3. The Morgan fingerprint density at radius 1 is 0.771 bits per heavy atom. The van der Waals surface area contributed by atoms with Crippen molar-refractivity contribution in [3.8, 4) is 0 Å². The van der Waals surface area contributed by atoms with E-state index in [9.17, 15) is 14.4 Å². The Balaban J connectivity index is 1.25. The van der Waals surface area contributed by atoms with E-state index in [0.717, 1.165) is 28.8 Å². The van der Waals surface area contributed by atoms with Crippen molar-refractivity contribution in [2.45, 2.75) is 96.8 Å². The molecule has 190 valence electrons. The largest absolute Gasteiger partial charge is 0.279 e. The number of fused-ring (bicyclic) bond motifs is 1. The Bertz CT molecular complexity index is 907. The highest BCUT2D eigenvalue weighted by Gasteiger charge is 2.35. The van der Waals surface area contributed by atoms with Crippen LogP contribution in [0.3, 0.4) is 0 Å². The van der Waals surface area contributed by atoms with Crippen molar-refractivity contribution in [3.63, 3.8) is 0 Å². The van der Waals surface area contributed by atoms with Crippen molar-refractivity contribution in [3.05, 3.63) is 47.3 Å². The average molecular weight is 515 g/mol. The predicted octanol–water partition coefficient (Wildman–Crippen LogP) is 7.97. The predicted molar refractivity (Wildman–Crippen MR) is 148 cm³/mol. The van der Waals surface area contributed by atoms with E-state index in [4.69, 9.17) is 0 Å². The molecule has 2 aliphatic heterocycles. The van der Waals surface area contributed by atoms with Gasteiger partial charge >= 0.3 is 0 Å². The fraction of sp³-hybridized carbons (Fsp3) is 0.571. The van der Waals surface area contributed by atoms with Gasteiger partial charge in [0.15, 0.2) is 0 Å². The molecule has 35 heavy (non-hydrogen) atoms. The molecule has 0 saturated carbocycles. The van der Waals surface area contributed by atoms with Gasteiger partial charge in [-0.1, -0.05) is 114 Å². The van der Waals surface area contributed by atoms with Gasteiger partial charge in [-0.25, -0.2) is 9.89 Å². The van der Waals surface area contributed by atoms with Crippen LogP contribution in [0.15, 0.2) is 41.2 Å². The number of unbranched alkanes of at least 4 members (excludes halogenated alkanes) is 13. The molecule has 2 amide bonds. The average Bonchev–Trinajstić information content (AvgIpc) is 3.33. The van der Waals surface area contributed by atoms with Gasteiger partial charge in [-0.15, -0.1) is 0 Å². The number of thioether (sulfide) groups is 2. The normalized spacial score (nSPS) is 16.5. The summed E-state index contributed by atoms with van der Waals surface area (Å²) in [4.78, 5) is 42.7. The van der Waals surface area contributed by atoms with Gasteiger partial charge in [-0.2, -0.15) is 0 Å². The summed E-state index contributed by atoms with van der Waals surface area (Å²) in [5, 5.41) is -0.218. The van der Waals surface area contributed by atoms with Crippen LogP contribution in [0.4, 0.5) is 0 Å². The summed E-state index contributed by atoms with van der Waals surface area (Å²) in [7, 11) is 0. The van der Waals surface area contributed by atoms with Gasteiger partial charge < -0.3 is 0 Å².